The van der Waals surface area contributed by atoms with Gasteiger partial charge in [-0.15, -0.1) is 11.3 Å². The van der Waals surface area contributed by atoms with Gasteiger partial charge in [-0.05, 0) is 36.2 Å². The van der Waals surface area contributed by atoms with Crippen molar-refractivity contribution in [1.82, 2.24) is 15.4 Å². The smallest absolute Gasteiger partial charge is 0.391 e. The quantitative estimate of drug-likeness (QED) is 0.0640. The largest absolute Gasteiger partial charge is 0.488 e. The minimum absolute atomic E-state index is 0.112. The summed E-state index contributed by atoms with van der Waals surface area (Å²) in [5.74, 6) is -15.1. The van der Waals surface area contributed by atoms with Gasteiger partial charge in [0.15, 0.2) is 34.5 Å². The Morgan fingerprint density at radius 1 is 0.789 bits per heavy atom. The summed E-state index contributed by atoms with van der Waals surface area (Å²) in [6, 6.07) is 5.92. The fraction of sp³-hybridized carbons (Fsp3) is 0.250. The van der Waals surface area contributed by atoms with Crippen LogP contribution in [-0.2, 0) is 40.2 Å². The van der Waals surface area contributed by atoms with E-state index in [-0.39, 0.29) is 37.6 Å². The molecule has 372 valence electrons. The standard InChI is InChI=1S/C44H36F3N4O17PS2/c1-6-24-32-35(46)30(25-14-28-39(66-20(4)54)33(37(25)64-18(2)52)42(56)49-9-11-62-28)31(26-15-29-40(67-21(5)55)34(38(26)65-19(3)53)43(57)50-10-12-63-29)36(47)41(32)70-44(24)71(60,61)51-17-69(58,59)68-23-8-7-22(16-48)27(45)13-23/h7-8,13-15,51H,6,9-12,17H2,1-5H3,(H,49,56)(H,50,57)(H,58,59). The molecule has 1 aromatic heterocycles. The normalized spacial score (nSPS) is 14.1. The molecule has 0 saturated carbocycles. The number of sulfonamides is 1. The maximum Gasteiger partial charge on any atom is 0.391 e. The van der Waals surface area contributed by atoms with Gasteiger partial charge >= 0.3 is 31.5 Å². The number of halogens is 3. The molecule has 0 fully saturated rings. The summed E-state index contributed by atoms with van der Waals surface area (Å²) in [6.45, 7) is 4.07. The van der Waals surface area contributed by atoms with Crippen LogP contribution in [0.4, 0.5) is 13.2 Å². The molecule has 4 N–H and O–H groups in total. The van der Waals surface area contributed by atoms with E-state index in [1.165, 1.54) is 6.92 Å². The maximum atomic E-state index is 18.5. The number of nitrogens with one attached hydrogen (secondary N) is 3. The van der Waals surface area contributed by atoms with Gasteiger partial charge in [0.2, 0.25) is 0 Å². The lowest BCUT2D eigenvalue weighted by Gasteiger charge is -2.26. The second-order valence-corrected chi connectivity index (χ2v) is 19.8. The van der Waals surface area contributed by atoms with Crippen LogP contribution >= 0.6 is 18.9 Å². The molecule has 27 heteroatoms. The first-order valence-electron chi connectivity index (χ1n) is 20.6. The second-order valence-electron chi connectivity index (χ2n) is 15.1. The van der Waals surface area contributed by atoms with E-state index in [1.807, 2.05) is 4.72 Å². The molecule has 2 aliphatic heterocycles. The monoisotopic (exact) mass is 1040 g/mol. The van der Waals surface area contributed by atoms with Crippen LogP contribution in [0.2, 0.25) is 0 Å². The average Bonchev–Trinajstić information content (AvgIpc) is 3.69. The first-order valence-corrected chi connectivity index (χ1v) is 24.7. The number of ether oxygens (including phenoxy) is 6. The summed E-state index contributed by atoms with van der Waals surface area (Å²) in [6.07, 6.45) is -1.80. The van der Waals surface area contributed by atoms with Crippen LogP contribution in [0.25, 0.3) is 32.3 Å². The number of benzene rings is 4. The highest BCUT2D eigenvalue weighted by atomic mass is 32.2. The summed E-state index contributed by atoms with van der Waals surface area (Å²) >= 11 is 0.112. The van der Waals surface area contributed by atoms with Crippen molar-refractivity contribution in [3.05, 3.63) is 70.0 Å². The first kappa shape index (κ1) is 51.3. The fourth-order valence-corrected chi connectivity index (χ4v) is 11.9. The Morgan fingerprint density at radius 3 is 1.72 bits per heavy atom. The fourth-order valence-electron chi connectivity index (χ4n) is 7.47. The summed E-state index contributed by atoms with van der Waals surface area (Å²) in [7, 11) is -10.2. The zero-order valence-corrected chi connectivity index (χ0v) is 40.0. The third-order valence-electron chi connectivity index (χ3n) is 10.1. The van der Waals surface area contributed by atoms with Gasteiger partial charge in [0.25, 0.3) is 21.8 Å². The van der Waals surface area contributed by atoms with Crippen molar-refractivity contribution in [2.24, 2.45) is 0 Å². The van der Waals surface area contributed by atoms with Crippen LogP contribution in [0, 0.1) is 28.8 Å². The van der Waals surface area contributed by atoms with Gasteiger partial charge in [0.1, 0.15) is 64.1 Å². The highest BCUT2D eigenvalue weighted by molar-refractivity contribution is 7.92. The highest BCUT2D eigenvalue weighted by Crippen LogP contribution is 2.56. The van der Waals surface area contributed by atoms with Crippen molar-refractivity contribution < 1.29 is 92.8 Å². The Bertz CT molecular complexity index is 3370. The van der Waals surface area contributed by atoms with Gasteiger partial charge in [-0.2, -0.15) is 9.98 Å². The van der Waals surface area contributed by atoms with Crippen molar-refractivity contribution in [2.45, 2.75) is 45.2 Å². The van der Waals surface area contributed by atoms with Gasteiger partial charge in [0, 0.05) is 61.4 Å². The van der Waals surface area contributed by atoms with E-state index in [4.69, 9.17) is 38.2 Å². The van der Waals surface area contributed by atoms with Crippen molar-refractivity contribution in [2.75, 3.05) is 32.6 Å². The third-order valence-corrected chi connectivity index (χ3v) is 14.6. The van der Waals surface area contributed by atoms with Crippen molar-refractivity contribution in [1.29, 1.82) is 5.26 Å². The molecule has 2 aliphatic rings. The zero-order chi connectivity index (χ0) is 51.9. The molecule has 21 nitrogen and oxygen atoms in total. The summed E-state index contributed by atoms with van der Waals surface area (Å²) in [5.41, 5.74) is -5.78. The topological polar surface area (TPSA) is 298 Å². The van der Waals surface area contributed by atoms with Crippen molar-refractivity contribution >= 4 is 74.7 Å². The average molecular weight is 1040 g/mol. The summed E-state index contributed by atoms with van der Waals surface area (Å²) in [5, 5.41) is 13.2. The molecule has 2 amide bonds. The molecule has 1 unspecified atom stereocenters. The predicted molar refractivity (Wildman–Crippen MR) is 240 cm³/mol. The lowest BCUT2D eigenvalue weighted by atomic mass is 9.87. The summed E-state index contributed by atoms with van der Waals surface area (Å²) in [4.78, 5) is 89.3. The van der Waals surface area contributed by atoms with E-state index in [9.17, 15) is 51.0 Å². The Balaban J connectivity index is 1.60. The molecule has 0 radical (unpaired) electrons. The van der Waals surface area contributed by atoms with Crippen LogP contribution in [0.5, 0.6) is 40.2 Å². The van der Waals surface area contributed by atoms with Crippen molar-refractivity contribution in [3.8, 4) is 68.6 Å². The molecular formula is C44H36F3N4O17PS2. The molecule has 0 aliphatic carbocycles. The predicted octanol–water partition coefficient (Wildman–Crippen LogP) is 5.53. The van der Waals surface area contributed by atoms with E-state index in [0.717, 1.165) is 52.0 Å². The number of nitrogens with zero attached hydrogens (tertiary/aromatic N) is 1. The first-order chi connectivity index (χ1) is 33.5. The molecule has 4 bridgehead atoms. The maximum absolute atomic E-state index is 18.5. The van der Waals surface area contributed by atoms with Crippen LogP contribution in [0.1, 0.15) is 66.5 Å². The van der Waals surface area contributed by atoms with Crippen LogP contribution in [-0.4, -0.2) is 81.6 Å². The van der Waals surface area contributed by atoms with E-state index in [0.29, 0.717) is 6.07 Å². The van der Waals surface area contributed by atoms with Crippen LogP contribution < -0.4 is 48.3 Å². The number of carbonyl (C=O) groups is 6. The van der Waals surface area contributed by atoms with Gasteiger partial charge in [-0.3, -0.25) is 28.8 Å². The Hall–Kier alpha value is -7.56. The molecule has 3 heterocycles. The molecule has 1 atom stereocenters. The van der Waals surface area contributed by atoms with E-state index in [1.54, 1.807) is 6.07 Å². The lowest BCUT2D eigenvalue weighted by molar-refractivity contribution is -0.133. The lowest BCUT2D eigenvalue weighted by Crippen LogP contribution is -2.32. The minimum Gasteiger partial charge on any atom is -0.488 e. The Morgan fingerprint density at radius 2 is 1.27 bits per heavy atom. The number of fused-ring (bicyclic) bond motifs is 5. The number of esters is 4. The number of nitriles is 1. The van der Waals surface area contributed by atoms with E-state index in [2.05, 4.69) is 10.6 Å². The number of rotatable bonds is 13. The zero-order valence-electron chi connectivity index (χ0n) is 37.5. The molecule has 0 saturated heterocycles. The molecule has 5 aromatic rings. The van der Waals surface area contributed by atoms with Gasteiger partial charge < -0.3 is 48.5 Å². The minimum atomic E-state index is -5.10. The van der Waals surface area contributed by atoms with E-state index >= 15 is 8.78 Å². The molecule has 7 rings (SSSR count). The van der Waals surface area contributed by atoms with Crippen LogP contribution in [0.15, 0.2) is 34.5 Å². The van der Waals surface area contributed by atoms with Crippen LogP contribution in [0.3, 0.4) is 0 Å². The number of aryl methyl sites for hydroxylation is 1. The molecule has 71 heavy (non-hydrogen) atoms. The van der Waals surface area contributed by atoms with Crippen molar-refractivity contribution in [3.63, 3.8) is 0 Å². The van der Waals surface area contributed by atoms with E-state index < -0.39 is 183 Å². The highest BCUT2D eigenvalue weighted by Gasteiger charge is 2.40. The SMILES string of the molecule is CCc1c(S(=O)(=O)NCP(=O)(O)Oc2ccc(C#N)c(F)c2)sc2c(F)c(-c3cc4c(OC(C)=O)c(c3OC(C)=O)C(=O)NCCO4)c(-c3cc4c(OC(C)=O)c(c3OC(C)=O)C(=O)NCCO4)c(F)c12. The molecular weight excluding hydrogens is 1010 g/mol. The second kappa shape index (κ2) is 20.0. The third kappa shape index (κ3) is 10.2. The summed E-state index contributed by atoms with van der Waals surface area (Å²) < 4.78 is 131. The number of thiophene rings is 1. The number of carbonyl (C=O) groups excluding carboxylic acids is 6. The number of hydrogen-bond acceptors (Lipinski definition) is 18. The molecule has 4 aromatic carbocycles. The van der Waals surface area contributed by atoms with Gasteiger partial charge in [-0.25, -0.2) is 26.2 Å². The van der Waals surface area contributed by atoms with Gasteiger partial charge in [-0.1, -0.05) is 6.92 Å². The number of amides is 2. The number of hydrogen-bond donors (Lipinski definition) is 4. The Labute approximate surface area is 403 Å². The van der Waals surface area contributed by atoms with Gasteiger partial charge in [0.05, 0.1) is 23.4 Å². The molecule has 0 spiro atoms. The Kier molecular flexibility index (Phi) is 14.5.